The Balaban J connectivity index is 3.88. The lowest BCUT2D eigenvalue weighted by molar-refractivity contribution is 0.323. The van der Waals surface area contributed by atoms with Crippen LogP contribution in [0.2, 0.25) is 0 Å². The van der Waals surface area contributed by atoms with E-state index in [9.17, 15) is 0 Å². The molecule has 0 spiro atoms. The normalized spacial score (nSPS) is 12.5. The number of rotatable bonds is 4. The largest absolute Gasteiger partial charge is 0.298 e. The molecule has 0 unspecified atom stereocenters. The first-order valence-corrected chi connectivity index (χ1v) is 4.16. The van der Waals surface area contributed by atoms with Crippen LogP contribution in [0.15, 0.2) is 16.8 Å². The minimum Gasteiger partial charge on any atom is -0.298 e. The molecule has 0 saturated carbocycles. The van der Waals surface area contributed by atoms with Crippen LogP contribution < -0.4 is 0 Å². The monoisotopic (exact) mass is 154 g/mol. The molecule has 0 atom stereocenters. The van der Waals surface area contributed by atoms with Crippen molar-refractivity contribution in [3.63, 3.8) is 0 Å². The Morgan fingerprint density at radius 2 is 1.91 bits per heavy atom. The van der Waals surface area contributed by atoms with Gasteiger partial charge in [0.15, 0.2) is 0 Å². The molecule has 0 aliphatic rings. The van der Waals surface area contributed by atoms with E-state index >= 15 is 0 Å². The summed E-state index contributed by atoms with van der Waals surface area (Å²) in [5.41, 5.74) is 1.21. The SMILES string of the molecule is C/C=C(C)\C=N\N(CC)CC. The number of nitrogens with zero attached hydrogens (tertiary/aromatic N) is 2. The first kappa shape index (κ1) is 10.2. The summed E-state index contributed by atoms with van der Waals surface area (Å²) in [4.78, 5) is 0. The second kappa shape index (κ2) is 5.96. The molecule has 0 aromatic rings. The molecule has 0 rings (SSSR count). The molecule has 0 amide bonds. The van der Waals surface area contributed by atoms with Gasteiger partial charge in [0.1, 0.15) is 0 Å². The highest BCUT2D eigenvalue weighted by atomic mass is 15.4. The molecular weight excluding hydrogens is 136 g/mol. The summed E-state index contributed by atoms with van der Waals surface area (Å²) in [6.45, 7) is 10.2. The molecule has 0 saturated heterocycles. The quantitative estimate of drug-likeness (QED) is 0.448. The van der Waals surface area contributed by atoms with Crippen molar-refractivity contribution in [1.29, 1.82) is 0 Å². The Labute approximate surface area is 69.6 Å². The number of hydrazone groups is 1. The Hall–Kier alpha value is -0.790. The summed E-state index contributed by atoms with van der Waals surface area (Å²) in [7, 11) is 0. The molecule has 0 bridgehead atoms. The van der Waals surface area contributed by atoms with Crippen LogP contribution in [0.5, 0.6) is 0 Å². The molecule has 64 valence electrons. The van der Waals surface area contributed by atoms with Crippen molar-refractivity contribution >= 4 is 6.21 Å². The fourth-order valence-corrected chi connectivity index (χ4v) is 0.634. The van der Waals surface area contributed by atoms with Gasteiger partial charge in [-0.15, -0.1) is 0 Å². The van der Waals surface area contributed by atoms with E-state index < -0.39 is 0 Å². The van der Waals surface area contributed by atoms with Crippen LogP contribution in [0.1, 0.15) is 27.7 Å². The molecule has 2 nitrogen and oxygen atoms in total. The van der Waals surface area contributed by atoms with Crippen molar-refractivity contribution in [2.75, 3.05) is 13.1 Å². The molecule has 0 aromatic heterocycles. The van der Waals surface area contributed by atoms with Crippen molar-refractivity contribution < 1.29 is 0 Å². The average molecular weight is 154 g/mol. The fourth-order valence-electron chi connectivity index (χ4n) is 0.634. The van der Waals surface area contributed by atoms with Crippen LogP contribution >= 0.6 is 0 Å². The maximum atomic E-state index is 4.27. The molecule has 0 radical (unpaired) electrons. The molecule has 0 aromatic carbocycles. The van der Waals surface area contributed by atoms with E-state index in [4.69, 9.17) is 0 Å². The zero-order valence-corrected chi connectivity index (χ0v) is 7.96. The number of hydrogen-bond donors (Lipinski definition) is 0. The third-order valence-corrected chi connectivity index (χ3v) is 1.61. The van der Waals surface area contributed by atoms with Crippen LogP contribution in [-0.4, -0.2) is 24.3 Å². The summed E-state index contributed by atoms with van der Waals surface area (Å²) in [6.07, 6.45) is 3.94. The predicted octanol–water partition coefficient (Wildman–Crippen LogP) is 2.28. The summed E-state index contributed by atoms with van der Waals surface area (Å²) >= 11 is 0. The van der Waals surface area contributed by atoms with E-state index in [0.717, 1.165) is 13.1 Å². The van der Waals surface area contributed by atoms with Crippen LogP contribution in [0.4, 0.5) is 0 Å². The van der Waals surface area contributed by atoms with Crippen molar-refractivity contribution in [1.82, 2.24) is 5.01 Å². The predicted molar refractivity (Wildman–Crippen MR) is 50.8 cm³/mol. The molecule has 11 heavy (non-hydrogen) atoms. The van der Waals surface area contributed by atoms with E-state index in [1.165, 1.54) is 5.57 Å². The van der Waals surface area contributed by atoms with Gasteiger partial charge in [-0.25, -0.2) is 0 Å². The summed E-state index contributed by atoms with van der Waals surface area (Å²) in [5, 5.41) is 6.29. The fraction of sp³-hybridized carbons (Fsp3) is 0.667. The van der Waals surface area contributed by atoms with Crippen molar-refractivity contribution in [2.45, 2.75) is 27.7 Å². The lowest BCUT2D eigenvalue weighted by atomic mass is 10.3. The highest BCUT2D eigenvalue weighted by molar-refractivity contribution is 5.77. The topological polar surface area (TPSA) is 15.6 Å². The molecule has 2 heteroatoms. The van der Waals surface area contributed by atoms with E-state index in [1.807, 2.05) is 31.1 Å². The molecule has 0 N–H and O–H groups in total. The van der Waals surface area contributed by atoms with Crippen LogP contribution in [0.25, 0.3) is 0 Å². The summed E-state index contributed by atoms with van der Waals surface area (Å²) in [5.74, 6) is 0. The van der Waals surface area contributed by atoms with Crippen LogP contribution in [0, 0.1) is 0 Å². The van der Waals surface area contributed by atoms with Gasteiger partial charge in [0.05, 0.1) is 0 Å². The Morgan fingerprint density at radius 3 is 2.27 bits per heavy atom. The lowest BCUT2D eigenvalue weighted by Gasteiger charge is -2.12. The van der Waals surface area contributed by atoms with E-state index in [1.54, 1.807) is 0 Å². The minimum absolute atomic E-state index is 0.976. The van der Waals surface area contributed by atoms with Crippen molar-refractivity contribution in [3.05, 3.63) is 11.6 Å². The first-order chi connectivity index (χ1) is 5.24. The zero-order chi connectivity index (χ0) is 8.69. The Morgan fingerprint density at radius 1 is 1.36 bits per heavy atom. The molecule has 0 fully saturated rings. The smallest absolute Gasteiger partial charge is 0.0496 e. The number of hydrogen-bond acceptors (Lipinski definition) is 2. The third-order valence-electron chi connectivity index (χ3n) is 1.61. The molecule has 0 aliphatic carbocycles. The zero-order valence-electron chi connectivity index (χ0n) is 7.96. The third kappa shape index (κ3) is 4.59. The highest BCUT2D eigenvalue weighted by Crippen LogP contribution is 1.90. The minimum atomic E-state index is 0.976. The summed E-state index contributed by atoms with van der Waals surface area (Å²) in [6, 6.07) is 0. The Bertz CT molecular complexity index is 144. The van der Waals surface area contributed by atoms with Gasteiger partial charge in [-0.05, 0) is 33.3 Å². The molecular formula is C9H18N2. The van der Waals surface area contributed by atoms with Gasteiger partial charge in [-0.3, -0.25) is 5.01 Å². The maximum absolute atomic E-state index is 4.27. The molecule has 0 heterocycles. The van der Waals surface area contributed by atoms with E-state index in [0.29, 0.717) is 0 Å². The van der Waals surface area contributed by atoms with Crippen molar-refractivity contribution in [3.8, 4) is 0 Å². The van der Waals surface area contributed by atoms with Crippen molar-refractivity contribution in [2.24, 2.45) is 5.10 Å². The maximum Gasteiger partial charge on any atom is 0.0496 e. The first-order valence-electron chi connectivity index (χ1n) is 4.16. The van der Waals surface area contributed by atoms with Gasteiger partial charge in [-0.1, -0.05) is 6.08 Å². The van der Waals surface area contributed by atoms with Gasteiger partial charge in [0.2, 0.25) is 0 Å². The van der Waals surface area contributed by atoms with Crippen LogP contribution in [-0.2, 0) is 0 Å². The Kier molecular flexibility index (Phi) is 5.53. The van der Waals surface area contributed by atoms with Crippen LogP contribution in [0.3, 0.4) is 0 Å². The van der Waals surface area contributed by atoms with Gasteiger partial charge < -0.3 is 0 Å². The second-order valence-electron chi connectivity index (χ2n) is 2.42. The van der Waals surface area contributed by atoms with E-state index in [2.05, 4.69) is 18.9 Å². The van der Waals surface area contributed by atoms with Gasteiger partial charge >= 0.3 is 0 Å². The average Bonchev–Trinajstić information content (AvgIpc) is 2.06. The lowest BCUT2D eigenvalue weighted by Crippen LogP contribution is -2.15. The highest BCUT2D eigenvalue weighted by Gasteiger charge is 1.89. The van der Waals surface area contributed by atoms with Gasteiger partial charge in [-0.2, -0.15) is 5.10 Å². The molecule has 0 aliphatic heterocycles. The standard InChI is InChI=1S/C9H18N2/c1-5-9(4)8-10-11(6-2)7-3/h5,8H,6-7H2,1-4H3/b9-5-,10-8+. The van der Waals surface area contributed by atoms with Gasteiger partial charge in [0, 0.05) is 19.3 Å². The van der Waals surface area contributed by atoms with Gasteiger partial charge in [0.25, 0.3) is 0 Å². The summed E-state index contributed by atoms with van der Waals surface area (Å²) < 4.78 is 0. The number of allylic oxidation sites excluding steroid dienone is 2. The van der Waals surface area contributed by atoms with E-state index in [-0.39, 0.29) is 0 Å². The second-order valence-corrected chi connectivity index (χ2v) is 2.42.